The topological polar surface area (TPSA) is 105 Å². The van der Waals surface area contributed by atoms with E-state index in [9.17, 15) is 14.4 Å². The Bertz CT molecular complexity index is 480. The minimum Gasteiger partial charge on any atom is -0.348 e. The van der Waals surface area contributed by atoms with Crippen LogP contribution in [0.15, 0.2) is 0 Å². The molecule has 1 saturated heterocycles. The van der Waals surface area contributed by atoms with Crippen molar-refractivity contribution in [2.24, 2.45) is 11.7 Å². The standard InChI is InChI=1S/C16H30N4O3.ClH/c1-6-16(7-2)13(22)20(14(23)19-16)9-12(21)18-15(5,10-17)8-11(3)4;/h11H,6-10,17H2,1-5H3,(H,18,21)(H,19,23);1H. The van der Waals surface area contributed by atoms with Crippen LogP contribution >= 0.6 is 12.4 Å². The molecule has 4 N–H and O–H groups in total. The van der Waals surface area contributed by atoms with Gasteiger partial charge in [-0.05, 0) is 32.1 Å². The molecule has 1 atom stereocenters. The number of amides is 4. The van der Waals surface area contributed by atoms with Crippen LogP contribution in [-0.2, 0) is 9.59 Å². The van der Waals surface area contributed by atoms with E-state index in [4.69, 9.17) is 5.73 Å². The van der Waals surface area contributed by atoms with Crippen molar-refractivity contribution in [3.05, 3.63) is 0 Å². The van der Waals surface area contributed by atoms with Gasteiger partial charge in [0.15, 0.2) is 0 Å². The maximum atomic E-state index is 12.5. The fourth-order valence-electron chi connectivity index (χ4n) is 3.16. The fraction of sp³-hybridized carbons (Fsp3) is 0.812. The van der Waals surface area contributed by atoms with Gasteiger partial charge in [-0.3, -0.25) is 14.5 Å². The second-order valence-electron chi connectivity index (χ2n) is 7.02. The first-order valence-electron chi connectivity index (χ1n) is 8.28. The van der Waals surface area contributed by atoms with Gasteiger partial charge < -0.3 is 16.4 Å². The zero-order chi connectivity index (χ0) is 17.8. The molecule has 0 spiro atoms. The third-order valence-corrected chi connectivity index (χ3v) is 4.51. The lowest BCUT2D eigenvalue weighted by Gasteiger charge is -2.31. The molecular weight excluding hydrogens is 332 g/mol. The molecule has 7 nitrogen and oxygen atoms in total. The molecule has 0 aromatic rings. The molecule has 24 heavy (non-hydrogen) atoms. The first-order chi connectivity index (χ1) is 10.6. The average Bonchev–Trinajstić information content (AvgIpc) is 2.71. The van der Waals surface area contributed by atoms with E-state index >= 15 is 0 Å². The highest BCUT2D eigenvalue weighted by molar-refractivity contribution is 6.09. The molecule has 0 aromatic heterocycles. The third kappa shape index (κ3) is 4.83. The van der Waals surface area contributed by atoms with Gasteiger partial charge in [-0.2, -0.15) is 0 Å². The van der Waals surface area contributed by atoms with E-state index in [0.717, 1.165) is 11.3 Å². The molecule has 1 aliphatic heterocycles. The van der Waals surface area contributed by atoms with Crippen LogP contribution in [0.4, 0.5) is 4.79 Å². The minimum atomic E-state index is -0.882. The summed E-state index contributed by atoms with van der Waals surface area (Å²) >= 11 is 0. The molecule has 1 heterocycles. The lowest BCUT2D eigenvalue weighted by Crippen LogP contribution is -2.55. The number of urea groups is 1. The highest BCUT2D eigenvalue weighted by Crippen LogP contribution is 2.24. The van der Waals surface area contributed by atoms with Crippen molar-refractivity contribution in [3.63, 3.8) is 0 Å². The molecule has 1 fully saturated rings. The first kappa shape index (κ1) is 22.7. The summed E-state index contributed by atoms with van der Waals surface area (Å²) in [6.07, 6.45) is 1.73. The summed E-state index contributed by atoms with van der Waals surface area (Å²) in [5.74, 6) is -0.334. The molecule has 0 saturated carbocycles. The number of imide groups is 1. The van der Waals surface area contributed by atoms with Gasteiger partial charge in [0.25, 0.3) is 5.91 Å². The molecule has 0 aliphatic carbocycles. The molecule has 140 valence electrons. The summed E-state index contributed by atoms with van der Waals surface area (Å²) in [5, 5.41) is 5.58. The van der Waals surface area contributed by atoms with E-state index in [0.29, 0.717) is 25.3 Å². The van der Waals surface area contributed by atoms with Crippen molar-refractivity contribution in [1.82, 2.24) is 15.5 Å². The van der Waals surface area contributed by atoms with E-state index in [1.807, 2.05) is 34.6 Å². The summed E-state index contributed by atoms with van der Waals surface area (Å²) < 4.78 is 0. The smallest absolute Gasteiger partial charge is 0.325 e. The van der Waals surface area contributed by atoms with E-state index in [-0.39, 0.29) is 30.8 Å². The summed E-state index contributed by atoms with van der Waals surface area (Å²) in [6, 6.07) is -0.507. The predicted molar refractivity (Wildman–Crippen MR) is 95.9 cm³/mol. The number of halogens is 1. The molecule has 1 unspecified atom stereocenters. The maximum Gasteiger partial charge on any atom is 0.325 e. The second-order valence-corrected chi connectivity index (χ2v) is 7.02. The molecule has 0 bridgehead atoms. The summed E-state index contributed by atoms with van der Waals surface area (Å²) in [4.78, 5) is 37.8. The van der Waals surface area contributed by atoms with Crippen molar-refractivity contribution < 1.29 is 14.4 Å². The van der Waals surface area contributed by atoms with Crippen LogP contribution in [0.2, 0.25) is 0 Å². The highest BCUT2D eigenvalue weighted by Gasteiger charge is 2.49. The molecular formula is C16H31ClN4O3. The average molecular weight is 363 g/mol. The van der Waals surface area contributed by atoms with E-state index in [2.05, 4.69) is 10.6 Å². The Balaban J connectivity index is 0.00000529. The van der Waals surface area contributed by atoms with Crippen LogP contribution in [0.1, 0.15) is 53.9 Å². The van der Waals surface area contributed by atoms with Crippen molar-refractivity contribution >= 4 is 30.3 Å². The number of nitrogens with zero attached hydrogens (tertiary/aromatic N) is 1. The number of hydrogen-bond acceptors (Lipinski definition) is 4. The van der Waals surface area contributed by atoms with Gasteiger partial charge in [-0.1, -0.05) is 27.7 Å². The number of hydrogen-bond donors (Lipinski definition) is 3. The fourth-order valence-corrected chi connectivity index (χ4v) is 3.16. The normalized spacial score (nSPS) is 18.9. The van der Waals surface area contributed by atoms with Crippen molar-refractivity contribution in [2.45, 2.75) is 65.0 Å². The van der Waals surface area contributed by atoms with Crippen molar-refractivity contribution in [3.8, 4) is 0 Å². The zero-order valence-electron chi connectivity index (χ0n) is 15.3. The quantitative estimate of drug-likeness (QED) is 0.567. The van der Waals surface area contributed by atoms with Gasteiger partial charge >= 0.3 is 6.03 Å². The van der Waals surface area contributed by atoms with Gasteiger partial charge in [0.2, 0.25) is 5.91 Å². The molecule has 8 heteroatoms. The van der Waals surface area contributed by atoms with Crippen LogP contribution in [0.25, 0.3) is 0 Å². The Morgan fingerprint density at radius 1 is 1.33 bits per heavy atom. The molecule has 1 rings (SSSR count). The van der Waals surface area contributed by atoms with E-state index in [1.165, 1.54) is 0 Å². The number of rotatable bonds is 8. The summed E-state index contributed by atoms with van der Waals surface area (Å²) in [6.45, 7) is 9.69. The number of carbonyl (C=O) groups is 3. The van der Waals surface area contributed by atoms with Crippen LogP contribution in [0.5, 0.6) is 0 Å². The Labute approximate surface area is 150 Å². The highest BCUT2D eigenvalue weighted by atomic mass is 35.5. The van der Waals surface area contributed by atoms with Gasteiger partial charge in [0.05, 0.1) is 0 Å². The largest absolute Gasteiger partial charge is 0.348 e. The minimum absolute atomic E-state index is 0. The SMILES string of the molecule is CCC1(CC)NC(=O)N(CC(=O)NC(C)(CN)CC(C)C)C1=O.Cl. The Hall–Kier alpha value is -1.34. The first-order valence-corrected chi connectivity index (χ1v) is 8.28. The lowest BCUT2D eigenvalue weighted by molar-refractivity contribution is -0.135. The molecule has 0 radical (unpaired) electrons. The summed E-state index contributed by atoms with van der Waals surface area (Å²) in [7, 11) is 0. The number of nitrogens with one attached hydrogen (secondary N) is 2. The van der Waals surface area contributed by atoms with E-state index < -0.39 is 17.1 Å². The van der Waals surface area contributed by atoms with Gasteiger partial charge in [0.1, 0.15) is 12.1 Å². The monoisotopic (exact) mass is 362 g/mol. The van der Waals surface area contributed by atoms with Crippen molar-refractivity contribution in [1.29, 1.82) is 0 Å². The predicted octanol–water partition coefficient (Wildman–Crippen LogP) is 1.40. The zero-order valence-corrected chi connectivity index (χ0v) is 16.1. The molecule has 1 aliphatic rings. The maximum absolute atomic E-state index is 12.5. The Morgan fingerprint density at radius 3 is 2.25 bits per heavy atom. The van der Waals surface area contributed by atoms with Crippen LogP contribution in [-0.4, -0.2) is 46.9 Å². The van der Waals surface area contributed by atoms with Crippen LogP contribution < -0.4 is 16.4 Å². The van der Waals surface area contributed by atoms with Crippen LogP contribution in [0, 0.1) is 5.92 Å². The number of carbonyl (C=O) groups excluding carboxylic acids is 3. The lowest BCUT2D eigenvalue weighted by atomic mass is 9.90. The molecule has 4 amide bonds. The second kappa shape index (κ2) is 8.67. The van der Waals surface area contributed by atoms with Gasteiger partial charge in [-0.25, -0.2) is 4.79 Å². The van der Waals surface area contributed by atoms with Crippen molar-refractivity contribution in [2.75, 3.05) is 13.1 Å². The van der Waals surface area contributed by atoms with Gasteiger partial charge in [-0.15, -0.1) is 12.4 Å². The molecule has 0 aromatic carbocycles. The van der Waals surface area contributed by atoms with Crippen LogP contribution in [0.3, 0.4) is 0 Å². The Kier molecular flexibility index (Phi) is 8.18. The third-order valence-electron chi connectivity index (χ3n) is 4.51. The number of nitrogens with two attached hydrogens (primary N) is 1. The summed E-state index contributed by atoms with van der Waals surface area (Å²) in [5.41, 5.74) is 4.35. The van der Waals surface area contributed by atoms with Gasteiger partial charge in [0, 0.05) is 12.1 Å². The van der Waals surface area contributed by atoms with E-state index in [1.54, 1.807) is 0 Å². The Morgan fingerprint density at radius 2 is 1.88 bits per heavy atom.